The molecule has 20 heavy (non-hydrogen) atoms. The number of aliphatic hydroxyl groups excluding tert-OH is 2. The van der Waals surface area contributed by atoms with Gasteiger partial charge in [-0.3, -0.25) is 0 Å². The molecule has 0 amide bonds. The zero-order valence-corrected chi connectivity index (χ0v) is 11.5. The van der Waals surface area contributed by atoms with Crippen molar-refractivity contribution in [2.24, 2.45) is 11.8 Å². The Morgan fingerprint density at radius 3 is 2.30 bits per heavy atom. The lowest BCUT2D eigenvalue weighted by molar-refractivity contribution is -0.183. The van der Waals surface area contributed by atoms with E-state index in [9.17, 15) is 14.7 Å². The third kappa shape index (κ3) is 3.70. The highest BCUT2D eigenvalue weighted by Gasteiger charge is 2.44. The van der Waals surface area contributed by atoms with Gasteiger partial charge in [0.2, 0.25) is 0 Å². The van der Waals surface area contributed by atoms with E-state index in [1.807, 2.05) is 0 Å². The fraction of sp³-hybridized carbons (Fsp3) is 0.857. The van der Waals surface area contributed by atoms with Crippen molar-refractivity contribution in [1.82, 2.24) is 0 Å². The molecule has 0 aliphatic heterocycles. The maximum Gasteiger partial charge on any atom is 0.344 e. The number of fused-ring (bicyclic) bond motifs is 2. The van der Waals surface area contributed by atoms with Gasteiger partial charge in [0.05, 0.1) is 6.61 Å². The van der Waals surface area contributed by atoms with Crippen molar-refractivity contribution in [2.75, 3.05) is 19.8 Å². The Bertz CT molecular complexity index is 355. The van der Waals surface area contributed by atoms with Crippen LogP contribution in [0.4, 0.5) is 0 Å². The maximum atomic E-state index is 11.7. The molecule has 2 rings (SSSR count). The molecule has 2 saturated carbocycles. The Morgan fingerprint density at radius 1 is 1.10 bits per heavy atom. The highest BCUT2D eigenvalue weighted by atomic mass is 16.6. The Morgan fingerprint density at radius 2 is 1.75 bits per heavy atom. The number of esters is 2. The molecule has 6 heteroatoms. The molecule has 0 heterocycles. The Labute approximate surface area is 118 Å². The van der Waals surface area contributed by atoms with E-state index < -0.39 is 30.8 Å². The van der Waals surface area contributed by atoms with Crippen LogP contribution in [0.2, 0.25) is 0 Å². The monoisotopic (exact) mass is 286 g/mol. The summed E-state index contributed by atoms with van der Waals surface area (Å²) in [5.74, 6) is -0.522. The second-order valence-corrected chi connectivity index (χ2v) is 5.94. The summed E-state index contributed by atoms with van der Waals surface area (Å²) in [6.07, 6.45) is 5.96. The minimum Gasteiger partial charge on any atom is -0.454 e. The number of rotatable bonds is 5. The third-order valence-corrected chi connectivity index (χ3v) is 4.31. The van der Waals surface area contributed by atoms with Crippen LogP contribution in [0.5, 0.6) is 0 Å². The first kappa shape index (κ1) is 15.3. The smallest absolute Gasteiger partial charge is 0.344 e. The topological polar surface area (TPSA) is 93.1 Å². The molecule has 0 aromatic heterocycles. The van der Waals surface area contributed by atoms with Crippen LogP contribution >= 0.6 is 0 Å². The highest BCUT2D eigenvalue weighted by molar-refractivity contribution is 5.77. The predicted molar refractivity (Wildman–Crippen MR) is 68.6 cm³/mol. The minimum atomic E-state index is -0.861. The minimum absolute atomic E-state index is 0.195. The first-order valence-electron chi connectivity index (χ1n) is 7.16. The summed E-state index contributed by atoms with van der Waals surface area (Å²) in [7, 11) is 0. The number of hydrogen-bond donors (Lipinski definition) is 2. The van der Waals surface area contributed by atoms with Crippen LogP contribution < -0.4 is 0 Å². The van der Waals surface area contributed by atoms with Gasteiger partial charge < -0.3 is 19.7 Å². The molecule has 2 bridgehead atoms. The lowest BCUT2D eigenvalue weighted by atomic mass is 9.66. The molecule has 2 atom stereocenters. The van der Waals surface area contributed by atoms with Crippen molar-refractivity contribution in [2.45, 2.75) is 44.1 Å². The number of carbonyl (C=O) groups is 2. The zero-order chi connectivity index (χ0) is 14.6. The first-order valence-corrected chi connectivity index (χ1v) is 7.16. The van der Waals surface area contributed by atoms with E-state index in [2.05, 4.69) is 4.74 Å². The molecule has 114 valence electrons. The molecule has 0 aromatic carbocycles. The predicted octanol–water partition coefficient (Wildman–Crippen LogP) is 0.396. The van der Waals surface area contributed by atoms with Crippen molar-refractivity contribution in [3.8, 4) is 0 Å². The third-order valence-electron chi connectivity index (χ3n) is 4.31. The second kappa shape index (κ2) is 6.54. The van der Waals surface area contributed by atoms with Crippen LogP contribution in [0, 0.1) is 11.8 Å². The van der Waals surface area contributed by atoms with Gasteiger partial charge in [0.15, 0.2) is 6.61 Å². The van der Waals surface area contributed by atoms with Gasteiger partial charge in [-0.15, -0.1) is 0 Å². The van der Waals surface area contributed by atoms with Gasteiger partial charge in [-0.05, 0) is 31.1 Å². The van der Waals surface area contributed by atoms with Crippen molar-refractivity contribution in [1.29, 1.82) is 0 Å². The lowest BCUT2D eigenvalue weighted by Gasteiger charge is -2.45. The van der Waals surface area contributed by atoms with Gasteiger partial charge in [-0.2, -0.15) is 0 Å². The molecule has 0 saturated heterocycles. The van der Waals surface area contributed by atoms with E-state index in [1.165, 1.54) is 6.42 Å². The van der Waals surface area contributed by atoms with Crippen LogP contribution in [-0.4, -0.2) is 47.6 Å². The fourth-order valence-electron chi connectivity index (χ4n) is 3.61. The van der Waals surface area contributed by atoms with E-state index >= 15 is 0 Å². The molecule has 0 aromatic rings. The molecular formula is C14H22O6. The first-order chi connectivity index (χ1) is 9.57. The second-order valence-electron chi connectivity index (χ2n) is 5.94. The molecular weight excluding hydrogens is 264 g/mol. The summed E-state index contributed by atoms with van der Waals surface area (Å²) in [6.45, 7) is -1.47. The standard InChI is InChI=1S/C14H22O6/c15-7-12(17)19-8-13(18)20-14(9-16)5-10-2-1-3-11(4-10)6-14/h10-11,15-16H,1-9H2. The SMILES string of the molecule is O=C(CO)OCC(=O)OC1(CO)CC2CCCC(C2)C1. The summed E-state index contributed by atoms with van der Waals surface area (Å²) < 4.78 is 9.94. The van der Waals surface area contributed by atoms with Gasteiger partial charge in [0, 0.05) is 0 Å². The van der Waals surface area contributed by atoms with Crippen LogP contribution in [0.1, 0.15) is 38.5 Å². The van der Waals surface area contributed by atoms with E-state index in [1.54, 1.807) is 0 Å². The molecule has 2 aliphatic rings. The van der Waals surface area contributed by atoms with Crippen LogP contribution in [0.25, 0.3) is 0 Å². The normalized spacial score (nSPS) is 32.5. The van der Waals surface area contributed by atoms with Crippen LogP contribution in [0.3, 0.4) is 0 Å². The van der Waals surface area contributed by atoms with Crippen molar-refractivity contribution < 1.29 is 29.3 Å². The molecule has 2 fully saturated rings. The molecule has 2 N–H and O–H groups in total. The van der Waals surface area contributed by atoms with Gasteiger partial charge in [0.25, 0.3) is 0 Å². The van der Waals surface area contributed by atoms with E-state index in [0.717, 1.165) is 19.3 Å². The quantitative estimate of drug-likeness (QED) is 0.710. The summed E-state index contributed by atoms with van der Waals surface area (Å²) in [4.78, 5) is 22.5. The molecule has 2 unspecified atom stereocenters. The zero-order valence-electron chi connectivity index (χ0n) is 11.5. The van der Waals surface area contributed by atoms with Crippen molar-refractivity contribution >= 4 is 11.9 Å². The maximum absolute atomic E-state index is 11.7. The molecule has 2 aliphatic carbocycles. The van der Waals surface area contributed by atoms with Crippen molar-refractivity contribution in [3.05, 3.63) is 0 Å². The molecule has 0 spiro atoms. The summed E-state index contributed by atoms with van der Waals surface area (Å²) >= 11 is 0. The Balaban J connectivity index is 1.90. The van der Waals surface area contributed by atoms with Gasteiger partial charge in [-0.1, -0.05) is 19.3 Å². The summed E-state index contributed by atoms with van der Waals surface area (Å²) in [6, 6.07) is 0. The average molecular weight is 286 g/mol. The lowest BCUT2D eigenvalue weighted by Crippen LogP contribution is -2.48. The van der Waals surface area contributed by atoms with Gasteiger partial charge in [-0.25, -0.2) is 9.59 Å². The Hall–Kier alpha value is -1.14. The van der Waals surface area contributed by atoms with Gasteiger partial charge in [0.1, 0.15) is 12.2 Å². The highest BCUT2D eigenvalue weighted by Crippen LogP contribution is 2.45. The molecule has 6 nitrogen and oxygen atoms in total. The van der Waals surface area contributed by atoms with Crippen molar-refractivity contribution in [3.63, 3.8) is 0 Å². The number of hydrogen-bond acceptors (Lipinski definition) is 6. The van der Waals surface area contributed by atoms with E-state index in [0.29, 0.717) is 24.7 Å². The number of ether oxygens (including phenoxy) is 2. The number of aliphatic hydroxyl groups is 2. The number of carbonyl (C=O) groups excluding carboxylic acids is 2. The van der Waals surface area contributed by atoms with Crippen LogP contribution in [0.15, 0.2) is 0 Å². The van der Waals surface area contributed by atoms with Crippen LogP contribution in [-0.2, 0) is 19.1 Å². The Kier molecular flexibility index (Phi) is 4.99. The van der Waals surface area contributed by atoms with Gasteiger partial charge >= 0.3 is 11.9 Å². The fourth-order valence-corrected chi connectivity index (χ4v) is 3.61. The molecule has 0 radical (unpaired) electrons. The summed E-state index contributed by atoms with van der Waals surface area (Å²) in [5.41, 5.74) is -0.823. The van der Waals surface area contributed by atoms with E-state index in [-0.39, 0.29) is 6.61 Å². The largest absolute Gasteiger partial charge is 0.454 e. The average Bonchev–Trinajstić information content (AvgIpc) is 2.44. The summed E-state index contributed by atoms with van der Waals surface area (Å²) in [5, 5.41) is 18.2. The van der Waals surface area contributed by atoms with E-state index in [4.69, 9.17) is 9.84 Å².